The molecule has 0 unspecified atom stereocenters. The fraction of sp³-hybridized carbons (Fsp3) is 0.750. The summed E-state index contributed by atoms with van der Waals surface area (Å²) in [5, 5.41) is 6.67. The van der Waals surface area contributed by atoms with Crippen molar-refractivity contribution < 1.29 is 8.42 Å². The van der Waals surface area contributed by atoms with E-state index in [9.17, 15) is 8.42 Å². The first-order valence-corrected chi connectivity index (χ1v) is 7.91. The van der Waals surface area contributed by atoms with Crippen molar-refractivity contribution in [2.75, 3.05) is 6.54 Å². The van der Waals surface area contributed by atoms with E-state index in [1.165, 1.54) is 4.31 Å². The van der Waals surface area contributed by atoms with Gasteiger partial charge in [0.15, 0.2) is 0 Å². The smallest absolute Gasteiger partial charge is 0.247 e. The Kier molecular flexibility index (Phi) is 5.11. The zero-order chi connectivity index (χ0) is 14.8. The lowest BCUT2D eigenvalue weighted by molar-refractivity contribution is 0.318. The number of aromatic nitrogens is 2. The van der Waals surface area contributed by atoms with Gasteiger partial charge in [-0.05, 0) is 26.7 Å². The predicted octanol–water partition coefficient (Wildman–Crippen LogP) is 1.23. The lowest BCUT2D eigenvalue weighted by Crippen LogP contribution is -2.40. The average molecular weight is 288 g/mol. The quantitative estimate of drug-likeness (QED) is 0.823. The van der Waals surface area contributed by atoms with Crippen LogP contribution in [-0.2, 0) is 16.6 Å². The summed E-state index contributed by atoms with van der Waals surface area (Å²) in [5.41, 5.74) is 6.50. The highest BCUT2D eigenvalue weighted by Gasteiger charge is 2.32. The average Bonchev–Trinajstić information content (AvgIpc) is 2.67. The summed E-state index contributed by atoms with van der Waals surface area (Å²) in [7, 11) is -3.57. The number of aryl methyl sites for hydroxylation is 1. The number of hydrogen-bond donors (Lipinski definition) is 2. The summed E-state index contributed by atoms with van der Waals surface area (Å²) in [5.74, 6) is 0.255. The molecule has 1 aromatic heterocycles. The minimum absolute atomic E-state index is 0.104. The van der Waals surface area contributed by atoms with Crippen LogP contribution in [-0.4, -0.2) is 35.5 Å². The molecule has 0 aromatic carbocycles. The summed E-state index contributed by atoms with van der Waals surface area (Å²) < 4.78 is 27.1. The largest absolute Gasteiger partial charge is 0.325 e. The molecular weight excluding hydrogens is 264 g/mol. The topological polar surface area (TPSA) is 92.1 Å². The number of H-pyrrole nitrogens is 1. The number of nitrogens with two attached hydrogens (primary N) is 1. The van der Waals surface area contributed by atoms with Crippen molar-refractivity contribution in [2.24, 2.45) is 11.7 Å². The van der Waals surface area contributed by atoms with Gasteiger partial charge in [0.2, 0.25) is 10.0 Å². The van der Waals surface area contributed by atoms with E-state index in [1.54, 1.807) is 6.92 Å². The second kappa shape index (κ2) is 6.02. The molecule has 0 atom stereocenters. The van der Waals surface area contributed by atoms with Crippen LogP contribution in [0.15, 0.2) is 4.90 Å². The van der Waals surface area contributed by atoms with E-state index in [-0.39, 0.29) is 23.4 Å². The summed E-state index contributed by atoms with van der Waals surface area (Å²) in [6.07, 6.45) is 0. The Balaban J connectivity index is 3.30. The zero-order valence-corrected chi connectivity index (χ0v) is 13.1. The molecule has 0 spiro atoms. The number of rotatable bonds is 6. The molecule has 0 radical (unpaired) electrons. The number of sulfonamides is 1. The van der Waals surface area contributed by atoms with Gasteiger partial charge in [0, 0.05) is 19.1 Å². The van der Waals surface area contributed by atoms with Crippen LogP contribution in [0.2, 0.25) is 0 Å². The summed E-state index contributed by atoms with van der Waals surface area (Å²) in [6, 6.07) is -0.104. The fourth-order valence-electron chi connectivity index (χ4n) is 2.01. The van der Waals surface area contributed by atoms with E-state index in [0.29, 0.717) is 17.9 Å². The molecule has 1 rings (SSSR count). The number of hydrogen-bond acceptors (Lipinski definition) is 4. The molecule has 7 heteroatoms. The van der Waals surface area contributed by atoms with Crippen molar-refractivity contribution >= 4 is 10.0 Å². The maximum absolute atomic E-state index is 12.8. The van der Waals surface area contributed by atoms with Gasteiger partial charge in [0.05, 0.1) is 11.4 Å². The highest BCUT2D eigenvalue weighted by Crippen LogP contribution is 2.24. The summed E-state index contributed by atoms with van der Waals surface area (Å²) in [4.78, 5) is 0.226. The molecule has 1 aromatic rings. The minimum atomic E-state index is -3.57. The highest BCUT2D eigenvalue weighted by molar-refractivity contribution is 7.89. The van der Waals surface area contributed by atoms with E-state index in [0.717, 1.165) is 0 Å². The van der Waals surface area contributed by atoms with Crippen LogP contribution in [0, 0.1) is 12.8 Å². The van der Waals surface area contributed by atoms with E-state index in [2.05, 4.69) is 10.2 Å². The maximum atomic E-state index is 12.8. The van der Waals surface area contributed by atoms with Crippen LogP contribution >= 0.6 is 0 Å². The third-order valence-electron chi connectivity index (χ3n) is 2.84. The standard InChI is InChI=1S/C12H24N4O2S/c1-8(2)7-16(9(3)4)19(17,18)12-10(5)14-15-11(12)6-13/h8-9H,6-7,13H2,1-5H3,(H,14,15). The Morgan fingerprint density at radius 1 is 1.32 bits per heavy atom. The van der Waals surface area contributed by atoms with Gasteiger partial charge in [0.25, 0.3) is 0 Å². The second-order valence-electron chi connectivity index (χ2n) is 5.39. The van der Waals surface area contributed by atoms with Gasteiger partial charge in [-0.25, -0.2) is 8.42 Å². The van der Waals surface area contributed by atoms with Crippen molar-refractivity contribution in [3.05, 3.63) is 11.4 Å². The first-order chi connectivity index (χ1) is 8.71. The molecule has 0 saturated carbocycles. The Morgan fingerprint density at radius 3 is 2.32 bits per heavy atom. The normalized spacial score (nSPS) is 12.9. The third-order valence-corrected chi connectivity index (χ3v) is 5.09. The fourth-order valence-corrected chi connectivity index (χ4v) is 4.16. The molecule has 0 aliphatic rings. The summed E-state index contributed by atoms with van der Waals surface area (Å²) >= 11 is 0. The molecule has 3 N–H and O–H groups in total. The molecule has 6 nitrogen and oxygen atoms in total. The lowest BCUT2D eigenvalue weighted by atomic mass is 10.2. The highest BCUT2D eigenvalue weighted by atomic mass is 32.2. The molecule has 0 amide bonds. The second-order valence-corrected chi connectivity index (χ2v) is 7.22. The van der Waals surface area contributed by atoms with Crippen LogP contribution in [0.4, 0.5) is 0 Å². The molecule has 0 fully saturated rings. The number of nitrogens with zero attached hydrogens (tertiary/aromatic N) is 2. The van der Waals surface area contributed by atoms with Gasteiger partial charge < -0.3 is 5.73 Å². The Labute approximate surface area is 115 Å². The number of aromatic amines is 1. The molecule has 1 heterocycles. The third kappa shape index (κ3) is 3.34. The first-order valence-electron chi connectivity index (χ1n) is 6.47. The van der Waals surface area contributed by atoms with E-state index in [4.69, 9.17) is 5.73 Å². The van der Waals surface area contributed by atoms with Gasteiger partial charge >= 0.3 is 0 Å². The Bertz CT molecular complexity index is 520. The minimum Gasteiger partial charge on any atom is -0.325 e. The van der Waals surface area contributed by atoms with Crippen molar-refractivity contribution in [2.45, 2.75) is 52.1 Å². The molecule has 0 bridgehead atoms. The van der Waals surface area contributed by atoms with Gasteiger partial charge in [-0.15, -0.1) is 0 Å². The van der Waals surface area contributed by atoms with Crippen molar-refractivity contribution in [1.82, 2.24) is 14.5 Å². The molecule has 0 saturated heterocycles. The van der Waals surface area contributed by atoms with Crippen molar-refractivity contribution in [1.29, 1.82) is 0 Å². The number of nitrogens with one attached hydrogen (secondary N) is 1. The Hall–Kier alpha value is -0.920. The van der Waals surface area contributed by atoms with Crippen LogP contribution in [0.3, 0.4) is 0 Å². The monoisotopic (exact) mass is 288 g/mol. The first kappa shape index (κ1) is 16.1. The van der Waals surface area contributed by atoms with Crippen LogP contribution in [0.1, 0.15) is 39.1 Å². The van der Waals surface area contributed by atoms with Crippen LogP contribution in [0.5, 0.6) is 0 Å². The Morgan fingerprint density at radius 2 is 1.89 bits per heavy atom. The van der Waals surface area contributed by atoms with Gasteiger partial charge in [0.1, 0.15) is 4.90 Å². The van der Waals surface area contributed by atoms with Crippen molar-refractivity contribution in [3.63, 3.8) is 0 Å². The zero-order valence-electron chi connectivity index (χ0n) is 12.3. The van der Waals surface area contributed by atoms with Gasteiger partial charge in [-0.1, -0.05) is 13.8 Å². The maximum Gasteiger partial charge on any atom is 0.247 e. The molecule has 0 aliphatic carbocycles. The van der Waals surface area contributed by atoms with E-state index < -0.39 is 10.0 Å². The predicted molar refractivity (Wildman–Crippen MR) is 75.1 cm³/mol. The lowest BCUT2D eigenvalue weighted by Gasteiger charge is -2.27. The van der Waals surface area contributed by atoms with Gasteiger partial charge in [-0.3, -0.25) is 5.10 Å². The summed E-state index contributed by atoms with van der Waals surface area (Å²) in [6.45, 7) is 10.0. The van der Waals surface area contributed by atoms with E-state index >= 15 is 0 Å². The molecule has 0 aliphatic heterocycles. The van der Waals surface area contributed by atoms with Crippen LogP contribution in [0.25, 0.3) is 0 Å². The molecule has 19 heavy (non-hydrogen) atoms. The van der Waals surface area contributed by atoms with Gasteiger partial charge in [-0.2, -0.15) is 9.40 Å². The molecule has 110 valence electrons. The van der Waals surface area contributed by atoms with Crippen molar-refractivity contribution in [3.8, 4) is 0 Å². The van der Waals surface area contributed by atoms with E-state index in [1.807, 2.05) is 27.7 Å². The van der Waals surface area contributed by atoms with Crippen LogP contribution < -0.4 is 5.73 Å². The molecular formula is C12H24N4O2S. The SMILES string of the molecule is Cc1[nH]nc(CN)c1S(=O)(=O)N(CC(C)C)C(C)C.